The summed E-state index contributed by atoms with van der Waals surface area (Å²) in [5, 5.41) is 13.7. The third-order valence-corrected chi connectivity index (χ3v) is 5.45. The van der Waals surface area contributed by atoms with Gasteiger partial charge in [0.2, 0.25) is 5.91 Å². The van der Waals surface area contributed by atoms with Crippen LogP contribution in [0, 0.1) is 5.92 Å². The summed E-state index contributed by atoms with van der Waals surface area (Å²) in [5.41, 5.74) is 0. The van der Waals surface area contributed by atoms with Crippen LogP contribution in [-0.2, 0) is 14.6 Å². The molecule has 0 radical (unpaired) electrons. The van der Waals surface area contributed by atoms with Gasteiger partial charge in [0.05, 0.1) is 11.5 Å². The number of nitrogens with one attached hydrogen (secondary N) is 1. The minimum atomic E-state index is -3.01. The molecule has 0 aliphatic carbocycles. The smallest absolute Gasteiger partial charge is 0.245 e. The summed E-state index contributed by atoms with van der Waals surface area (Å²) >= 11 is 0. The first-order valence-electron chi connectivity index (χ1n) is 6.66. The normalized spacial score (nSPS) is 24.2. The molecular weight excluding hydrogens is 282 g/mol. The van der Waals surface area contributed by atoms with Crippen LogP contribution in [0.2, 0.25) is 0 Å². The van der Waals surface area contributed by atoms with Gasteiger partial charge in [-0.05, 0) is 22.8 Å². The summed E-state index contributed by atoms with van der Waals surface area (Å²) in [6, 6.07) is -0.825. The number of nitrogens with zero attached hydrogens (tertiary/aromatic N) is 4. The average Bonchev–Trinajstić information content (AvgIpc) is 2.99. The zero-order valence-electron chi connectivity index (χ0n) is 11.6. The van der Waals surface area contributed by atoms with Gasteiger partial charge < -0.3 is 5.32 Å². The molecule has 20 heavy (non-hydrogen) atoms. The van der Waals surface area contributed by atoms with Gasteiger partial charge in [0.15, 0.2) is 9.84 Å². The molecule has 1 aliphatic heterocycles. The van der Waals surface area contributed by atoms with E-state index in [0.29, 0.717) is 6.42 Å². The second kappa shape index (κ2) is 5.86. The Balaban J connectivity index is 2.08. The van der Waals surface area contributed by atoms with Gasteiger partial charge >= 0.3 is 0 Å². The predicted octanol–water partition coefficient (Wildman–Crippen LogP) is -0.436. The van der Waals surface area contributed by atoms with Crippen LogP contribution in [0.4, 0.5) is 0 Å². The molecule has 1 aromatic rings. The molecule has 0 unspecified atom stereocenters. The van der Waals surface area contributed by atoms with Crippen LogP contribution in [0.1, 0.15) is 32.7 Å². The van der Waals surface area contributed by atoms with Crippen molar-refractivity contribution in [1.82, 2.24) is 25.5 Å². The third kappa shape index (κ3) is 3.33. The minimum Gasteiger partial charge on any atom is -0.350 e. The highest BCUT2D eigenvalue weighted by atomic mass is 32.2. The molecule has 9 heteroatoms. The van der Waals surface area contributed by atoms with Crippen LogP contribution in [0.25, 0.3) is 0 Å². The van der Waals surface area contributed by atoms with Crippen LogP contribution in [0.15, 0.2) is 6.33 Å². The Morgan fingerprint density at radius 2 is 2.30 bits per heavy atom. The fraction of sp³-hybridized carbons (Fsp3) is 0.818. The van der Waals surface area contributed by atoms with E-state index in [0.717, 1.165) is 6.42 Å². The maximum Gasteiger partial charge on any atom is 0.245 e. The molecule has 112 valence electrons. The van der Waals surface area contributed by atoms with E-state index < -0.39 is 15.9 Å². The summed E-state index contributed by atoms with van der Waals surface area (Å²) in [7, 11) is -3.01. The van der Waals surface area contributed by atoms with E-state index in [1.165, 1.54) is 11.0 Å². The summed E-state index contributed by atoms with van der Waals surface area (Å²) in [5.74, 6) is -0.0245. The topological polar surface area (TPSA) is 107 Å². The van der Waals surface area contributed by atoms with Crippen LogP contribution in [0.3, 0.4) is 0 Å². The maximum absolute atomic E-state index is 12.4. The molecule has 0 saturated carbocycles. The quantitative estimate of drug-likeness (QED) is 0.790. The van der Waals surface area contributed by atoms with Crippen LogP contribution < -0.4 is 5.32 Å². The van der Waals surface area contributed by atoms with Crippen LogP contribution >= 0.6 is 0 Å². The van der Waals surface area contributed by atoms with Gasteiger partial charge in [-0.3, -0.25) is 4.79 Å². The number of sulfone groups is 1. The minimum absolute atomic E-state index is 0.0154. The van der Waals surface area contributed by atoms with E-state index in [2.05, 4.69) is 20.8 Å². The van der Waals surface area contributed by atoms with Crippen molar-refractivity contribution in [3.05, 3.63) is 6.33 Å². The van der Waals surface area contributed by atoms with E-state index in [4.69, 9.17) is 0 Å². The molecule has 1 N–H and O–H groups in total. The van der Waals surface area contributed by atoms with Gasteiger partial charge in [-0.25, -0.2) is 13.1 Å². The lowest BCUT2D eigenvalue weighted by Gasteiger charge is -2.23. The number of carbonyl (C=O) groups is 1. The molecule has 1 fully saturated rings. The molecule has 0 bridgehead atoms. The van der Waals surface area contributed by atoms with Crippen molar-refractivity contribution in [2.75, 3.05) is 11.5 Å². The van der Waals surface area contributed by atoms with E-state index >= 15 is 0 Å². The van der Waals surface area contributed by atoms with Crippen molar-refractivity contribution in [2.45, 2.75) is 38.8 Å². The van der Waals surface area contributed by atoms with Gasteiger partial charge in [0.25, 0.3) is 0 Å². The maximum atomic E-state index is 12.4. The molecule has 3 atom stereocenters. The van der Waals surface area contributed by atoms with Crippen LogP contribution in [-0.4, -0.2) is 52.1 Å². The van der Waals surface area contributed by atoms with E-state index in [1.54, 1.807) is 0 Å². The largest absolute Gasteiger partial charge is 0.350 e. The van der Waals surface area contributed by atoms with Gasteiger partial charge in [-0.1, -0.05) is 20.3 Å². The summed E-state index contributed by atoms with van der Waals surface area (Å²) in [4.78, 5) is 12.4. The number of aromatic nitrogens is 4. The Morgan fingerprint density at radius 1 is 1.55 bits per heavy atom. The predicted molar refractivity (Wildman–Crippen MR) is 71.5 cm³/mol. The molecule has 0 aromatic carbocycles. The fourth-order valence-electron chi connectivity index (χ4n) is 2.35. The van der Waals surface area contributed by atoms with Crippen molar-refractivity contribution in [3.8, 4) is 0 Å². The first kappa shape index (κ1) is 14.9. The summed E-state index contributed by atoms with van der Waals surface area (Å²) in [6.07, 6.45) is 2.67. The van der Waals surface area contributed by atoms with Gasteiger partial charge in [-0.15, -0.1) is 5.10 Å². The molecule has 2 heterocycles. The number of rotatable bonds is 5. The molecule has 1 aromatic heterocycles. The van der Waals surface area contributed by atoms with Crippen molar-refractivity contribution in [3.63, 3.8) is 0 Å². The lowest BCUT2D eigenvalue weighted by atomic mass is 9.98. The molecule has 1 amide bonds. The van der Waals surface area contributed by atoms with E-state index in [9.17, 15) is 13.2 Å². The number of carbonyl (C=O) groups excluding carboxylic acids is 1. The zero-order valence-corrected chi connectivity index (χ0v) is 12.4. The summed E-state index contributed by atoms with van der Waals surface area (Å²) < 4.78 is 24.3. The Labute approximate surface area is 117 Å². The Morgan fingerprint density at radius 3 is 2.80 bits per heavy atom. The highest BCUT2D eigenvalue weighted by Gasteiger charge is 2.33. The lowest BCUT2D eigenvalue weighted by molar-refractivity contribution is -0.126. The molecule has 1 aliphatic rings. The Kier molecular flexibility index (Phi) is 4.36. The molecule has 8 nitrogen and oxygen atoms in total. The number of amides is 1. The zero-order chi connectivity index (χ0) is 14.8. The average molecular weight is 301 g/mol. The Bertz CT molecular complexity index is 557. The number of hydrogen-bond donors (Lipinski definition) is 1. The Hall–Kier alpha value is -1.51. The second-order valence-corrected chi connectivity index (χ2v) is 7.46. The summed E-state index contributed by atoms with van der Waals surface area (Å²) in [6.45, 7) is 3.92. The first-order valence-corrected chi connectivity index (χ1v) is 8.48. The van der Waals surface area contributed by atoms with Crippen molar-refractivity contribution in [2.24, 2.45) is 5.92 Å². The van der Waals surface area contributed by atoms with Crippen molar-refractivity contribution >= 4 is 15.7 Å². The van der Waals surface area contributed by atoms with E-state index in [1.807, 2.05) is 13.8 Å². The third-order valence-electron chi connectivity index (χ3n) is 3.68. The first-order chi connectivity index (χ1) is 9.43. The lowest BCUT2D eigenvalue weighted by Crippen LogP contribution is -2.42. The van der Waals surface area contributed by atoms with Gasteiger partial charge in [-0.2, -0.15) is 0 Å². The van der Waals surface area contributed by atoms with Crippen LogP contribution in [0.5, 0.6) is 0 Å². The van der Waals surface area contributed by atoms with Crippen molar-refractivity contribution in [1.29, 1.82) is 0 Å². The molecule has 1 saturated heterocycles. The number of tetrazole rings is 1. The van der Waals surface area contributed by atoms with E-state index in [-0.39, 0.29) is 29.4 Å². The standard InChI is InChI=1S/C11H19N5O3S/c1-3-8(2)10(16-7-12-14-15-16)11(17)13-9-4-5-20(18,19)6-9/h7-10H,3-6H2,1-2H3,(H,13,17)/t8-,9+,10-/m0/s1. The highest BCUT2D eigenvalue weighted by Crippen LogP contribution is 2.21. The SMILES string of the molecule is CC[C@H](C)[C@@H](C(=O)N[C@@H]1CCS(=O)(=O)C1)n1cnnn1. The second-order valence-electron chi connectivity index (χ2n) is 5.23. The molecular formula is C11H19N5O3S. The van der Waals surface area contributed by atoms with Gasteiger partial charge in [0.1, 0.15) is 12.4 Å². The highest BCUT2D eigenvalue weighted by molar-refractivity contribution is 7.91. The molecule has 2 rings (SSSR count). The monoisotopic (exact) mass is 301 g/mol. The van der Waals surface area contributed by atoms with Crippen molar-refractivity contribution < 1.29 is 13.2 Å². The molecule has 0 spiro atoms. The number of hydrogen-bond acceptors (Lipinski definition) is 6. The fourth-order valence-corrected chi connectivity index (χ4v) is 4.03. The van der Waals surface area contributed by atoms with Gasteiger partial charge in [0, 0.05) is 6.04 Å².